The van der Waals surface area contributed by atoms with Gasteiger partial charge in [0.2, 0.25) is 5.76 Å². The van der Waals surface area contributed by atoms with E-state index in [1.165, 1.54) is 7.11 Å². The number of benzene rings is 2. The van der Waals surface area contributed by atoms with Gasteiger partial charge in [0.1, 0.15) is 5.58 Å². The zero-order chi connectivity index (χ0) is 21.4. The summed E-state index contributed by atoms with van der Waals surface area (Å²) in [4.78, 5) is 39.9. The summed E-state index contributed by atoms with van der Waals surface area (Å²) in [6.45, 7) is 2.49. The number of aryl methyl sites for hydroxylation is 1. The van der Waals surface area contributed by atoms with Crippen LogP contribution in [0.5, 0.6) is 0 Å². The van der Waals surface area contributed by atoms with E-state index in [1.807, 2.05) is 13.0 Å². The number of ether oxygens (including phenoxy) is 2. The molecule has 0 bridgehead atoms. The number of esters is 1. The van der Waals surface area contributed by atoms with Crippen LogP contribution in [0.15, 0.2) is 51.7 Å². The molecule has 1 amide bonds. The lowest BCUT2D eigenvalue weighted by molar-refractivity contribution is 0.0599. The first-order chi connectivity index (χ1) is 14.5. The Bertz CT molecular complexity index is 1190. The predicted molar refractivity (Wildman–Crippen MR) is 110 cm³/mol. The molecule has 4 rings (SSSR count). The van der Waals surface area contributed by atoms with E-state index in [4.69, 9.17) is 13.9 Å². The van der Waals surface area contributed by atoms with Crippen LogP contribution >= 0.6 is 0 Å². The van der Waals surface area contributed by atoms with E-state index in [0.717, 1.165) is 5.56 Å². The Balaban J connectivity index is 1.90. The Labute approximate surface area is 172 Å². The van der Waals surface area contributed by atoms with Gasteiger partial charge in [0.15, 0.2) is 5.43 Å². The highest BCUT2D eigenvalue weighted by Crippen LogP contribution is 2.38. The number of fused-ring (bicyclic) bond motifs is 2. The van der Waals surface area contributed by atoms with Crippen molar-refractivity contribution < 1.29 is 23.5 Å². The standard InChI is InChI=1S/C23H21NO6/c1-13-4-9-17-16(12-13)20(25)18-19(14-5-7-15(8-6-14)23(27)29-3)24(10-11-28-2)22(26)21(18)30-17/h4-9,12,19H,10-11H2,1-3H3/t19-/m0/s1. The first-order valence-electron chi connectivity index (χ1n) is 9.51. The van der Waals surface area contributed by atoms with E-state index in [9.17, 15) is 14.4 Å². The van der Waals surface area contributed by atoms with Gasteiger partial charge in [0.05, 0.1) is 36.3 Å². The highest BCUT2D eigenvalue weighted by molar-refractivity contribution is 5.99. The van der Waals surface area contributed by atoms with Crippen molar-refractivity contribution >= 4 is 22.8 Å². The number of hydrogen-bond donors (Lipinski definition) is 0. The molecule has 154 valence electrons. The van der Waals surface area contributed by atoms with E-state index in [0.29, 0.717) is 34.3 Å². The predicted octanol–water partition coefficient (Wildman–Crippen LogP) is 3.08. The van der Waals surface area contributed by atoms with Crippen molar-refractivity contribution in [1.82, 2.24) is 4.90 Å². The zero-order valence-corrected chi connectivity index (χ0v) is 16.9. The number of nitrogens with zero attached hydrogens (tertiary/aromatic N) is 1. The van der Waals surface area contributed by atoms with Gasteiger partial charge in [-0.05, 0) is 36.8 Å². The van der Waals surface area contributed by atoms with Gasteiger partial charge in [-0.1, -0.05) is 23.8 Å². The molecule has 1 atom stereocenters. The Morgan fingerprint density at radius 3 is 2.50 bits per heavy atom. The maximum absolute atomic E-state index is 13.4. The van der Waals surface area contributed by atoms with Gasteiger partial charge in [-0.25, -0.2) is 4.79 Å². The van der Waals surface area contributed by atoms with Crippen molar-refractivity contribution in [1.29, 1.82) is 0 Å². The first kappa shape index (κ1) is 19.8. The van der Waals surface area contributed by atoms with Gasteiger partial charge in [0, 0.05) is 13.7 Å². The van der Waals surface area contributed by atoms with Crippen molar-refractivity contribution in [2.24, 2.45) is 0 Å². The van der Waals surface area contributed by atoms with E-state index in [1.54, 1.807) is 48.4 Å². The van der Waals surface area contributed by atoms with Crippen molar-refractivity contribution in [2.45, 2.75) is 13.0 Å². The van der Waals surface area contributed by atoms with Crippen molar-refractivity contribution in [3.05, 3.63) is 80.7 Å². The molecule has 1 aromatic heterocycles. The summed E-state index contributed by atoms with van der Waals surface area (Å²) in [7, 11) is 2.86. The number of carbonyl (C=O) groups is 2. The smallest absolute Gasteiger partial charge is 0.337 e. The summed E-state index contributed by atoms with van der Waals surface area (Å²) in [5.74, 6) is -0.764. The molecule has 0 N–H and O–H groups in total. The maximum atomic E-state index is 13.4. The topological polar surface area (TPSA) is 86.0 Å². The van der Waals surface area contributed by atoms with Crippen LogP contribution < -0.4 is 5.43 Å². The lowest BCUT2D eigenvalue weighted by Crippen LogP contribution is -2.32. The fraction of sp³-hybridized carbons (Fsp3) is 0.261. The minimum atomic E-state index is -0.629. The maximum Gasteiger partial charge on any atom is 0.337 e. The largest absolute Gasteiger partial charge is 0.465 e. The van der Waals surface area contributed by atoms with Gasteiger partial charge < -0.3 is 18.8 Å². The quantitative estimate of drug-likeness (QED) is 0.604. The third-order valence-electron chi connectivity index (χ3n) is 5.31. The molecule has 0 radical (unpaired) electrons. The summed E-state index contributed by atoms with van der Waals surface area (Å²) >= 11 is 0. The molecule has 1 aliphatic rings. The molecular formula is C23H21NO6. The average molecular weight is 407 g/mol. The van der Waals surface area contributed by atoms with E-state index < -0.39 is 12.0 Å². The number of amides is 1. The van der Waals surface area contributed by atoms with Gasteiger partial charge in [-0.3, -0.25) is 9.59 Å². The third kappa shape index (κ3) is 3.17. The lowest BCUT2D eigenvalue weighted by Gasteiger charge is -2.24. The van der Waals surface area contributed by atoms with Gasteiger partial charge in [-0.2, -0.15) is 0 Å². The van der Waals surface area contributed by atoms with E-state index >= 15 is 0 Å². The molecule has 2 aromatic carbocycles. The fourth-order valence-electron chi connectivity index (χ4n) is 3.82. The zero-order valence-electron chi connectivity index (χ0n) is 16.9. The monoisotopic (exact) mass is 407 g/mol. The minimum Gasteiger partial charge on any atom is -0.465 e. The second-order valence-electron chi connectivity index (χ2n) is 7.18. The highest BCUT2D eigenvalue weighted by Gasteiger charge is 2.42. The number of methoxy groups -OCH3 is 2. The molecule has 3 aromatic rings. The van der Waals surface area contributed by atoms with E-state index in [-0.39, 0.29) is 23.6 Å². The average Bonchev–Trinajstić information content (AvgIpc) is 3.04. The Kier molecular flexibility index (Phi) is 5.13. The molecule has 0 saturated carbocycles. The van der Waals surface area contributed by atoms with Crippen molar-refractivity contribution in [3.63, 3.8) is 0 Å². The van der Waals surface area contributed by atoms with Crippen LogP contribution in [-0.2, 0) is 9.47 Å². The summed E-state index contributed by atoms with van der Waals surface area (Å²) in [6.07, 6.45) is 0. The van der Waals surface area contributed by atoms with Crippen molar-refractivity contribution in [2.75, 3.05) is 27.4 Å². The van der Waals surface area contributed by atoms with Crippen molar-refractivity contribution in [3.8, 4) is 0 Å². The molecule has 0 aliphatic carbocycles. The molecular weight excluding hydrogens is 386 g/mol. The lowest BCUT2D eigenvalue weighted by atomic mass is 9.97. The molecule has 30 heavy (non-hydrogen) atoms. The second kappa shape index (κ2) is 7.76. The van der Waals surface area contributed by atoms with Crippen LogP contribution in [0.3, 0.4) is 0 Å². The van der Waals surface area contributed by atoms with Crippen LogP contribution in [0.1, 0.15) is 43.6 Å². The summed E-state index contributed by atoms with van der Waals surface area (Å²) in [5.41, 5.74) is 2.46. The number of hydrogen-bond acceptors (Lipinski definition) is 6. The Morgan fingerprint density at radius 2 is 1.83 bits per heavy atom. The second-order valence-corrected chi connectivity index (χ2v) is 7.18. The van der Waals surface area contributed by atoms with Gasteiger partial charge in [-0.15, -0.1) is 0 Å². The molecule has 0 unspecified atom stereocenters. The summed E-state index contributed by atoms with van der Waals surface area (Å²) in [5, 5.41) is 0.436. The van der Waals surface area contributed by atoms with Gasteiger partial charge >= 0.3 is 5.97 Å². The fourth-order valence-corrected chi connectivity index (χ4v) is 3.82. The molecule has 7 nitrogen and oxygen atoms in total. The Morgan fingerprint density at radius 1 is 1.10 bits per heavy atom. The molecule has 1 aliphatic heterocycles. The van der Waals surface area contributed by atoms with Crippen LogP contribution in [0.2, 0.25) is 0 Å². The summed E-state index contributed by atoms with van der Waals surface area (Å²) < 4.78 is 15.8. The molecule has 0 saturated heterocycles. The number of rotatable bonds is 5. The van der Waals surface area contributed by atoms with E-state index in [2.05, 4.69) is 0 Å². The molecule has 0 fully saturated rings. The molecule has 0 spiro atoms. The summed E-state index contributed by atoms with van der Waals surface area (Å²) in [6, 6.07) is 11.4. The normalized spacial score (nSPS) is 15.5. The van der Waals surface area contributed by atoms with Crippen LogP contribution in [0.25, 0.3) is 11.0 Å². The Hall–Kier alpha value is -3.45. The van der Waals surface area contributed by atoms with Gasteiger partial charge in [0.25, 0.3) is 5.91 Å². The highest BCUT2D eigenvalue weighted by atomic mass is 16.5. The first-order valence-corrected chi connectivity index (χ1v) is 9.51. The SMILES string of the molecule is COCCN1C(=O)c2oc3ccc(C)cc3c(=O)c2[C@@H]1c1ccc(C(=O)OC)cc1. The minimum absolute atomic E-state index is 0.0505. The van der Waals surface area contributed by atoms with Crippen LogP contribution in [0.4, 0.5) is 0 Å². The van der Waals surface area contributed by atoms with Crippen LogP contribution in [-0.4, -0.2) is 44.1 Å². The number of carbonyl (C=O) groups excluding carboxylic acids is 2. The molecule has 7 heteroatoms. The molecule has 2 heterocycles. The third-order valence-corrected chi connectivity index (χ3v) is 5.31. The van der Waals surface area contributed by atoms with Crippen LogP contribution in [0, 0.1) is 6.92 Å².